The lowest BCUT2D eigenvalue weighted by molar-refractivity contribution is 0.386. The maximum absolute atomic E-state index is 13.4. The summed E-state index contributed by atoms with van der Waals surface area (Å²) in [5.74, 6) is -0.241. The van der Waals surface area contributed by atoms with Crippen LogP contribution < -0.4 is 21.5 Å². The van der Waals surface area contributed by atoms with Crippen LogP contribution >= 0.6 is 0 Å². The number of benzene rings is 1. The van der Waals surface area contributed by atoms with E-state index in [1.165, 1.54) is 19.2 Å². The predicted octanol–water partition coefficient (Wildman–Crippen LogP) is 0.927. The highest BCUT2D eigenvalue weighted by Gasteiger charge is 2.06. The summed E-state index contributed by atoms with van der Waals surface area (Å²) in [6.45, 7) is 0. The minimum absolute atomic E-state index is 0.0148. The number of ether oxygens (including phenoxy) is 1. The highest BCUT2D eigenvalue weighted by molar-refractivity contribution is 5.56. The molecule has 7 nitrogen and oxygen atoms in total. The molecule has 94 valence electrons. The van der Waals surface area contributed by atoms with Crippen LogP contribution in [0.5, 0.6) is 5.75 Å². The van der Waals surface area contributed by atoms with Crippen LogP contribution in [0.25, 0.3) is 0 Å². The van der Waals surface area contributed by atoms with Crippen molar-refractivity contribution in [3.05, 3.63) is 24.0 Å². The van der Waals surface area contributed by atoms with Crippen LogP contribution in [0.2, 0.25) is 0 Å². The molecule has 2 rings (SSSR count). The predicted molar refractivity (Wildman–Crippen MR) is 64.9 cm³/mol. The standard InChI is InChI=1S/C10H11FN6O/c1-18-7-3-2-5(4-6(7)11)14-10-16-8(12)15-9(13)17-10/h2-4H,1H3,(H5,12,13,14,15,16,17). The van der Waals surface area contributed by atoms with Crippen LogP contribution in [0.4, 0.5) is 27.9 Å². The van der Waals surface area contributed by atoms with E-state index in [0.29, 0.717) is 5.69 Å². The lowest BCUT2D eigenvalue weighted by Gasteiger charge is -2.07. The minimum Gasteiger partial charge on any atom is -0.494 e. The van der Waals surface area contributed by atoms with E-state index in [1.54, 1.807) is 6.07 Å². The zero-order valence-electron chi connectivity index (χ0n) is 9.51. The highest BCUT2D eigenvalue weighted by atomic mass is 19.1. The largest absolute Gasteiger partial charge is 0.494 e. The molecule has 0 saturated carbocycles. The number of methoxy groups -OCH3 is 1. The number of nitrogen functional groups attached to an aromatic ring is 2. The molecule has 0 saturated heterocycles. The highest BCUT2D eigenvalue weighted by Crippen LogP contribution is 2.22. The van der Waals surface area contributed by atoms with E-state index in [9.17, 15) is 4.39 Å². The number of rotatable bonds is 3. The van der Waals surface area contributed by atoms with Crippen molar-refractivity contribution in [1.29, 1.82) is 0 Å². The first-order valence-electron chi connectivity index (χ1n) is 4.96. The van der Waals surface area contributed by atoms with E-state index < -0.39 is 5.82 Å². The zero-order chi connectivity index (χ0) is 13.1. The molecule has 0 aliphatic heterocycles. The number of nitrogens with two attached hydrogens (primary N) is 2. The summed E-state index contributed by atoms with van der Waals surface area (Å²) in [4.78, 5) is 11.2. The molecule has 0 amide bonds. The molecule has 0 fully saturated rings. The lowest BCUT2D eigenvalue weighted by Crippen LogP contribution is -2.06. The third-order valence-electron chi connectivity index (χ3n) is 2.08. The Bertz CT molecular complexity index is 556. The Morgan fingerprint density at radius 2 is 1.83 bits per heavy atom. The molecule has 8 heteroatoms. The van der Waals surface area contributed by atoms with E-state index in [2.05, 4.69) is 20.3 Å². The Labute approximate surface area is 102 Å². The average Bonchev–Trinajstić information content (AvgIpc) is 2.27. The van der Waals surface area contributed by atoms with E-state index in [4.69, 9.17) is 16.2 Å². The molecule has 0 aliphatic carbocycles. The van der Waals surface area contributed by atoms with Gasteiger partial charge in [-0.1, -0.05) is 0 Å². The molecular weight excluding hydrogens is 239 g/mol. The van der Waals surface area contributed by atoms with Crippen molar-refractivity contribution in [2.45, 2.75) is 0 Å². The summed E-state index contributed by atoms with van der Waals surface area (Å²) in [6.07, 6.45) is 0. The fourth-order valence-electron chi connectivity index (χ4n) is 1.34. The summed E-state index contributed by atoms with van der Waals surface area (Å²) in [5.41, 5.74) is 11.3. The first kappa shape index (κ1) is 11.8. The van der Waals surface area contributed by atoms with E-state index >= 15 is 0 Å². The summed E-state index contributed by atoms with van der Waals surface area (Å²) in [7, 11) is 1.39. The topological polar surface area (TPSA) is 112 Å². The van der Waals surface area contributed by atoms with E-state index in [0.717, 1.165) is 0 Å². The maximum atomic E-state index is 13.4. The van der Waals surface area contributed by atoms with Crippen molar-refractivity contribution in [3.63, 3.8) is 0 Å². The quantitative estimate of drug-likeness (QED) is 0.742. The minimum atomic E-state index is -0.502. The summed E-state index contributed by atoms with van der Waals surface area (Å²) >= 11 is 0. The second-order valence-corrected chi connectivity index (χ2v) is 3.35. The van der Waals surface area contributed by atoms with Gasteiger partial charge in [-0.2, -0.15) is 15.0 Å². The number of nitrogens with one attached hydrogen (secondary N) is 1. The molecule has 2 aromatic rings. The number of nitrogens with zero attached hydrogens (tertiary/aromatic N) is 3. The fourth-order valence-corrected chi connectivity index (χ4v) is 1.34. The van der Waals surface area contributed by atoms with Gasteiger partial charge in [0, 0.05) is 11.8 Å². The molecular formula is C10H11FN6O. The van der Waals surface area contributed by atoms with Gasteiger partial charge in [0.15, 0.2) is 11.6 Å². The van der Waals surface area contributed by atoms with E-state index in [-0.39, 0.29) is 23.6 Å². The van der Waals surface area contributed by atoms with Gasteiger partial charge in [0.25, 0.3) is 0 Å². The lowest BCUT2D eigenvalue weighted by atomic mass is 10.3. The Kier molecular flexibility index (Phi) is 3.09. The van der Waals surface area contributed by atoms with E-state index in [1.807, 2.05) is 0 Å². The molecule has 1 aromatic carbocycles. The van der Waals surface area contributed by atoms with Crippen LogP contribution in [0, 0.1) is 5.82 Å². The third-order valence-corrected chi connectivity index (χ3v) is 2.08. The van der Waals surface area contributed by atoms with Crippen LogP contribution in [0.1, 0.15) is 0 Å². The first-order valence-corrected chi connectivity index (χ1v) is 4.96. The normalized spacial score (nSPS) is 10.1. The van der Waals surface area contributed by atoms with Crippen molar-refractivity contribution < 1.29 is 9.13 Å². The zero-order valence-corrected chi connectivity index (χ0v) is 9.51. The van der Waals surface area contributed by atoms with Crippen molar-refractivity contribution in [1.82, 2.24) is 15.0 Å². The van der Waals surface area contributed by atoms with Crippen LogP contribution in [0.3, 0.4) is 0 Å². The molecule has 1 heterocycles. The average molecular weight is 250 g/mol. The van der Waals surface area contributed by atoms with Crippen LogP contribution in [0.15, 0.2) is 18.2 Å². The second-order valence-electron chi connectivity index (χ2n) is 3.35. The maximum Gasteiger partial charge on any atom is 0.233 e. The summed E-state index contributed by atoms with van der Waals surface area (Å²) in [5, 5.41) is 2.76. The van der Waals surface area contributed by atoms with Gasteiger partial charge in [-0.05, 0) is 12.1 Å². The van der Waals surface area contributed by atoms with Crippen molar-refractivity contribution in [2.24, 2.45) is 0 Å². The molecule has 0 aliphatic rings. The molecule has 0 unspecified atom stereocenters. The number of hydrogen-bond acceptors (Lipinski definition) is 7. The molecule has 18 heavy (non-hydrogen) atoms. The fraction of sp³-hybridized carbons (Fsp3) is 0.100. The molecule has 5 N–H and O–H groups in total. The van der Waals surface area contributed by atoms with Gasteiger partial charge in [0.1, 0.15) is 0 Å². The van der Waals surface area contributed by atoms with Gasteiger partial charge < -0.3 is 21.5 Å². The van der Waals surface area contributed by atoms with Gasteiger partial charge in [-0.3, -0.25) is 0 Å². The SMILES string of the molecule is COc1ccc(Nc2nc(N)nc(N)n2)cc1F. The van der Waals surface area contributed by atoms with Gasteiger partial charge in [-0.15, -0.1) is 0 Å². The van der Waals surface area contributed by atoms with Gasteiger partial charge in [0.2, 0.25) is 17.8 Å². The van der Waals surface area contributed by atoms with Crippen molar-refractivity contribution in [2.75, 3.05) is 23.9 Å². The van der Waals surface area contributed by atoms with Crippen molar-refractivity contribution in [3.8, 4) is 5.75 Å². The summed E-state index contributed by atoms with van der Waals surface area (Å²) < 4.78 is 18.2. The van der Waals surface area contributed by atoms with Gasteiger partial charge in [-0.25, -0.2) is 4.39 Å². The number of halogens is 1. The summed E-state index contributed by atoms with van der Waals surface area (Å²) in [6, 6.07) is 4.33. The molecule has 1 aromatic heterocycles. The molecule has 0 bridgehead atoms. The number of hydrogen-bond donors (Lipinski definition) is 3. The third kappa shape index (κ3) is 2.54. The van der Waals surface area contributed by atoms with Gasteiger partial charge >= 0.3 is 0 Å². The smallest absolute Gasteiger partial charge is 0.233 e. The monoisotopic (exact) mass is 250 g/mol. The number of anilines is 4. The Balaban J connectivity index is 2.25. The van der Waals surface area contributed by atoms with Crippen LogP contribution in [-0.4, -0.2) is 22.1 Å². The Morgan fingerprint density at radius 3 is 2.39 bits per heavy atom. The molecule has 0 radical (unpaired) electrons. The molecule has 0 atom stereocenters. The van der Waals surface area contributed by atoms with Crippen LogP contribution in [-0.2, 0) is 0 Å². The first-order chi connectivity index (χ1) is 8.58. The second kappa shape index (κ2) is 4.70. The number of aromatic nitrogens is 3. The molecule has 0 spiro atoms. The van der Waals surface area contributed by atoms with Gasteiger partial charge in [0.05, 0.1) is 7.11 Å². The Hall–Kier alpha value is -2.64. The van der Waals surface area contributed by atoms with Crippen molar-refractivity contribution >= 4 is 23.5 Å². The Morgan fingerprint density at radius 1 is 1.17 bits per heavy atom.